The minimum Gasteiger partial charge on any atom is -0.378 e. The van der Waals surface area contributed by atoms with Crippen LogP contribution in [0.2, 0.25) is 0 Å². The van der Waals surface area contributed by atoms with Crippen molar-refractivity contribution in [1.82, 2.24) is 10.2 Å². The lowest BCUT2D eigenvalue weighted by Crippen LogP contribution is -2.46. The SMILES string of the molecule is Cc1ccccc1C(=O)N1CCC(NC(=O)c2ccc(N(C)C)cc2)CC1. The Morgan fingerprint density at radius 1 is 1.00 bits per heavy atom. The lowest BCUT2D eigenvalue weighted by Gasteiger charge is -2.32. The molecule has 0 aromatic heterocycles. The van der Waals surface area contributed by atoms with Crippen molar-refractivity contribution in [3.63, 3.8) is 0 Å². The van der Waals surface area contributed by atoms with Gasteiger partial charge in [0.2, 0.25) is 0 Å². The maximum Gasteiger partial charge on any atom is 0.254 e. The molecule has 2 aromatic rings. The quantitative estimate of drug-likeness (QED) is 0.906. The third-order valence-electron chi connectivity index (χ3n) is 5.14. The highest BCUT2D eigenvalue weighted by atomic mass is 16.2. The molecule has 1 aliphatic rings. The number of benzene rings is 2. The summed E-state index contributed by atoms with van der Waals surface area (Å²) in [5.41, 5.74) is 3.49. The van der Waals surface area contributed by atoms with Gasteiger partial charge >= 0.3 is 0 Å². The number of hydrogen-bond donors (Lipinski definition) is 1. The van der Waals surface area contributed by atoms with E-state index in [0.717, 1.165) is 29.7 Å². The summed E-state index contributed by atoms with van der Waals surface area (Å²) in [6, 6.07) is 15.4. The van der Waals surface area contributed by atoms with Crippen LogP contribution in [0.5, 0.6) is 0 Å². The number of nitrogens with one attached hydrogen (secondary N) is 1. The zero-order chi connectivity index (χ0) is 19.4. The molecule has 0 unspecified atom stereocenters. The maximum absolute atomic E-state index is 12.7. The second-order valence-corrected chi connectivity index (χ2v) is 7.30. The van der Waals surface area contributed by atoms with Crippen LogP contribution in [0.15, 0.2) is 48.5 Å². The van der Waals surface area contributed by atoms with E-state index >= 15 is 0 Å². The predicted octanol–water partition coefficient (Wildman–Crippen LogP) is 3.10. The molecule has 1 fully saturated rings. The van der Waals surface area contributed by atoms with Gasteiger partial charge < -0.3 is 15.1 Å². The summed E-state index contributed by atoms with van der Waals surface area (Å²) in [5, 5.41) is 3.10. The fourth-order valence-corrected chi connectivity index (χ4v) is 3.39. The van der Waals surface area contributed by atoms with Crippen LogP contribution in [0.25, 0.3) is 0 Å². The monoisotopic (exact) mass is 365 g/mol. The standard InChI is InChI=1S/C22H27N3O2/c1-16-6-4-5-7-20(16)22(27)25-14-12-18(13-15-25)23-21(26)17-8-10-19(11-9-17)24(2)3/h4-11,18H,12-15H2,1-3H3,(H,23,26). The van der Waals surface area contributed by atoms with Gasteiger partial charge in [-0.3, -0.25) is 9.59 Å². The van der Waals surface area contributed by atoms with E-state index in [0.29, 0.717) is 18.7 Å². The Morgan fingerprint density at radius 2 is 1.63 bits per heavy atom. The Hall–Kier alpha value is -2.82. The fourth-order valence-electron chi connectivity index (χ4n) is 3.39. The number of piperidine rings is 1. The molecule has 3 rings (SSSR count). The number of aryl methyl sites for hydroxylation is 1. The van der Waals surface area contributed by atoms with E-state index in [1.165, 1.54) is 0 Å². The van der Waals surface area contributed by atoms with Gasteiger partial charge in [-0.15, -0.1) is 0 Å². The Kier molecular flexibility index (Phi) is 5.79. The minimum atomic E-state index is -0.0519. The first-order valence-electron chi connectivity index (χ1n) is 9.39. The minimum absolute atomic E-state index is 0.0519. The lowest BCUT2D eigenvalue weighted by atomic mass is 10.0. The molecule has 5 heteroatoms. The van der Waals surface area contributed by atoms with Crippen molar-refractivity contribution in [1.29, 1.82) is 0 Å². The summed E-state index contributed by atoms with van der Waals surface area (Å²) in [4.78, 5) is 29.1. The smallest absolute Gasteiger partial charge is 0.254 e. The molecular formula is C22H27N3O2. The van der Waals surface area contributed by atoms with E-state index in [1.807, 2.05) is 79.3 Å². The second kappa shape index (κ2) is 8.25. The molecular weight excluding hydrogens is 338 g/mol. The van der Waals surface area contributed by atoms with Gasteiger partial charge in [-0.1, -0.05) is 18.2 Å². The van der Waals surface area contributed by atoms with Crippen LogP contribution in [0.1, 0.15) is 39.1 Å². The predicted molar refractivity (Wildman–Crippen MR) is 108 cm³/mol. The highest BCUT2D eigenvalue weighted by Crippen LogP contribution is 2.17. The van der Waals surface area contributed by atoms with Crippen molar-refractivity contribution in [2.24, 2.45) is 0 Å². The normalized spacial score (nSPS) is 14.7. The number of anilines is 1. The second-order valence-electron chi connectivity index (χ2n) is 7.30. The van der Waals surface area contributed by atoms with E-state index in [9.17, 15) is 9.59 Å². The molecule has 1 saturated heterocycles. The Morgan fingerprint density at radius 3 is 2.22 bits per heavy atom. The zero-order valence-corrected chi connectivity index (χ0v) is 16.2. The number of carbonyl (C=O) groups excluding carboxylic acids is 2. The molecule has 0 saturated carbocycles. The molecule has 5 nitrogen and oxygen atoms in total. The van der Waals surface area contributed by atoms with Crippen LogP contribution < -0.4 is 10.2 Å². The Bertz CT molecular complexity index is 807. The third kappa shape index (κ3) is 4.48. The van der Waals surface area contributed by atoms with Crippen molar-refractivity contribution in [3.05, 3.63) is 65.2 Å². The van der Waals surface area contributed by atoms with Crippen LogP contribution in [-0.4, -0.2) is 49.9 Å². The van der Waals surface area contributed by atoms with Gasteiger partial charge in [-0.2, -0.15) is 0 Å². The molecule has 0 spiro atoms. The first-order valence-corrected chi connectivity index (χ1v) is 9.39. The molecule has 27 heavy (non-hydrogen) atoms. The molecule has 0 atom stereocenters. The lowest BCUT2D eigenvalue weighted by molar-refractivity contribution is 0.0697. The van der Waals surface area contributed by atoms with Crippen LogP contribution in [0, 0.1) is 6.92 Å². The number of amides is 2. The summed E-state index contributed by atoms with van der Waals surface area (Å²) < 4.78 is 0. The van der Waals surface area contributed by atoms with Gasteiger partial charge in [0.05, 0.1) is 0 Å². The van der Waals surface area contributed by atoms with Crippen molar-refractivity contribution >= 4 is 17.5 Å². The number of carbonyl (C=O) groups is 2. The van der Waals surface area contributed by atoms with Crippen molar-refractivity contribution in [2.75, 3.05) is 32.1 Å². The van der Waals surface area contributed by atoms with Crippen LogP contribution in [0.3, 0.4) is 0 Å². The largest absolute Gasteiger partial charge is 0.378 e. The third-order valence-corrected chi connectivity index (χ3v) is 5.14. The number of likely N-dealkylation sites (tertiary alicyclic amines) is 1. The van der Waals surface area contributed by atoms with E-state index in [2.05, 4.69) is 5.32 Å². The Balaban J connectivity index is 1.54. The fraction of sp³-hybridized carbons (Fsp3) is 0.364. The van der Waals surface area contributed by atoms with E-state index in [-0.39, 0.29) is 17.9 Å². The molecule has 0 radical (unpaired) electrons. The molecule has 0 bridgehead atoms. The number of hydrogen-bond acceptors (Lipinski definition) is 3. The van der Waals surface area contributed by atoms with Crippen LogP contribution >= 0.6 is 0 Å². The average molecular weight is 365 g/mol. The molecule has 1 N–H and O–H groups in total. The van der Waals surface area contributed by atoms with E-state index in [1.54, 1.807) is 0 Å². The van der Waals surface area contributed by atoms with Gasteiger partial charge in [0.25, 0.3) is 11.8 Å². The molecule has 2 amide bonds. The average Bonchev–Trinajstić information content (AvgIpc) is 2.68. The van der Waals surface area contributed by atoms with Gasteiger partial charge in [-0.25, -0.2) is 0 Å². The first-order chi connectivity index (χ1) is 13.0. The topological polar surface area (TPSA) is 52.7 Å². The summed E-state index contributed by atoms with van der Waals surface area (Å²) in [6.07, 6.45) is 1.55. The van der Waals surface area contributed by atoms with Gasteiger partial charge in [0.15, 0.2) is 0 Å². The van der Waals surface area contributed by atoms with E-state index in [4.69, 9.17) is 0 Å². The molecule has 142 valence electrons. The van der Waals surface area contributed by atoms with Crippen molar-refractivity contribution < 1.29 is 9.59 Å². The van der Waals surface area contributed by atoms with Crippen molar-refractivity contribution in [3.8, 4) is 0 Å². The van der Waals surface area contributed by atoms with Crippen molar-refractivity contribution in [2.45, 2.75) is 25.8 Å². The summed E-state index contributed by atoms with van der Waals surface area (Å²) in [6.45, 7) is 3.29. The molecule has 1 aliphatic heterocycles. The van der Waals surface area contributed by atoms with Gasteiger partial charge in [0, 0.05) is 50.0 Å². The van der Waals surface area contributed by atoms with E-state index < -0.39 is 0 Å². The molecule has 1 heterocycles. The maximum atomic E-state index is 12.7. The first kappa shape index (κ1) is 19.0. The van der Waals surface area contributed by atoms with Gasteiger partial charge in [-0.05, 0) is 55.7 Å². The Labute approximate surface area is 161 Å². The number of nitrogens with zero attached hydrogens (tertiary/aromatic N) is 2. The van der Waals surface area contributed by atoms with Gasteiger partial charge in [0.1, 0.15) is 0 Å². The molecule has 2 aromatic carbocycles. The highest BCUT2D eigenvalue weighted by Gasteiger charge is 2.25. The highest BCUT2D eigenvalue weighted by molar-refractivity contribution is 5.96. The van der Waals surface area contributed by atoms with Crippen LogP contribution in [-0.2, 0) is 0 Å². The summed E-state index contributed by atoms with van der Waals surface area (Å²) in [7, 11) is 3.95. The summed E-state index contributed by atoms with van der Waals surface area (Å²) >= 11 is 0. The molecule has 0 aliphatic carbocycles. The van der Waals surface area contributed by atoms with Crippen LogP contribution in [0.4, 0.5) is 5.69 Å². The number of rotatable bonds is 4. The summed E-state index contributed by atoms with van der Waals surface area (Å²) in [5.74, 6) is 0.0288. The zero-order valence-electron chi connectivity index (χ0n) is 16.2.